The molecule has 160 valence electrons. The molecule has 0 spiro atoms. The van der Waals surface area contributed by atoms with Crippen molar-refractivity contribution in [1.29, 1.82) is 0 Å². The molecule has 0 unspecified atom stereocenters. The topological polar surface area (TPSA) is 88.4 Å². The first-order valence-electron chi connectivity index (χ1n) is 9.45. The van der Waals surface area contributed by atoms with E-state index in [1.165, 1.54) is 11.3 Å². The number of benzene rings is 1. The molecule has 1 fully saturated rings. The Bertz CT molecular complexity index is 938. The van der Waals surface area contributed by atoms with Gasteiger partial charge in [-0.05, 0) is 36.8 Å². The quantitative estimate of drug-likeness (QED) is 0.311. The minimum Gasteiger partial charge on any atom is -0.506 e. The van der Waals surface area contributed by atoms with E-state index < -0.39 is 5.97 Å². The van der Waals surface area contributed by atoms with Crippen molar-refractivity contribution in [2.45, 2.75) is 13.3 Å². The molecule has 0 bridgehead atoms. The molecule has 0 atom stereocenters. The Morgan fingerprint density at radius 2 is 1.93 bits per heavy atom. The standard InChI is InChI=1S/C20H23BrN4O3S2/c1-13(16-12-30-19(18(16)28)14-2-4-15(21)5-3-14)22-23-20(29)25-10-8-24(9-11-25)7-6-17(26)27/h2-5,12,28H,6-11H2,1H3,(H,23,29)(H,26,27). The number of piperazine rings is 1. The van der Waals surface area contributed by atoms with E-state index in [1.807, 2.05) is 41.5 Å². The molecule has 1 aliphatic heterocycles. The van der Waals surface area contributed by atoms with Gasteiger partial charge in [0.25, 0.3) is 0 Å². The van der Waals surface area contributed by atoms with Crippen LogP contribution in [-0.4, -0.2) is 69.5 Å². The maximum Gasteiger partial charge on any atom is 0.304 e. The highest BCUT2D eigenvalue weighted by molar-refractivity contribution is 9.10. The fraction of sp³-hybridized carbons (Fsp3) is 0.350. The van der Waals surface area contributed by atoms with Crippen LogP contribution in [0.4, 0.5) is 0 Å². The second-order valence-electron chi connectivity index (χ2n) is 6.92. The molecule has 0 aliphatic carbocycles. The summed E-state index contributed by atoms with van der Waals surface area (Å²) < 4.78 is 0.987. The Morgan fingerprint density at radius 1 is 1.27 bits per heavy atom. The first kappa shape index (κ1) is 22.7. The number of carbonyl (C=O) groups is 1. The normalized spacial score (nSPS) is 15.3. The highest BCUT2D eigenvalue weighted by Crippen LogP contribution is 2.39. The molecule has 1 aromatic carbocycles. The van der Waals surface area contributed by atoms with Gasteiger partial charge in [-0.15, -0.1) is 11.3 Å². The van der Waals surface area contributed by atoms with Gasteiger partial charge in [-0.3, -0.25) is 15.1 Å². The summed E-state index contributed by atoms with van der Waals surface area (Å²) in [6.45, 7) is 5.35. The van der Waals surface area contributed by atoms with E-state index in [0.29, 0.717) is 22.9 Å². The molecule has 30 heavy (non-hydrogen) atoms. The fourth-order valence-electron chi connectivity index (χ4n) is 3.11. The summed E-state index contributed by atoms with van der Waals surface area (Å²) in [6.07, 6.45) is 0.151. The number of thiocarbonyl (C=S) groups is 1. The average Bonchev–Trinajstić information content (AvgIpc) is 3.12. The number of carboxylic acid groups (broad SMARTS) is 1. The van der Waals surface area contributed by atoms with Crippen LogP contribution in [-0.2, 0) is 4.79 Å². The third kappa shape index (κ3) is 5.78. The highest BCUT2D eigenvalue weighted by Gasteiger charge is 2.19. The fourth-order valence-corrected chi connectivity index (χ4v) is 4.61. The lowest BCUT2D eigenvalue weighted by molar-refractivity contribution is -0.137. The molecule has 1 aliphatic rings. The number of hydrazone groups is 1. The first-order valence-corrected chi connectivity index (χ1v) is 11.5. The molecule has 2 aromatic rings. The van der Waals surface area contributed by atoms with Crippen LogP contribution >= 0.6 is 39.5 Å². The first-order chi connectivity index (χ1) is 14.3. The Labute approximate surface area is 193 Å². The van der Waals surface area contributed by atoms with Gasteiger partial charge in [-0.2, -0.15) is 5.10 Å². The lowest BCUT2D eigenvalue weighted by Gasteiger charge is -2.35. The van der Waals surface area contributed by atoms with E-state index in [9.17, 15) is 9.90 Å². The Kier molecular flexibility index (Phi) is 7.81. The Hall–Kier alpha value is -2.01. The molecule has 1 saturated heterocycles. The largest absolute Gasteiger partial charge is 0.506 e. The van der Waals surface area contributed by atoms with Crippen LogP contribution in [0.3, 0.4) is 0 Å². The van der Waals surface area contributed by atoms with Gasteiger partial charge in [0, 0.05) is 42.6 Å². The lowest BCUT2D eigenvalue weighted by Crippen LogP contribution is -2.51. The van der Waals surface area contributed by atoms with Crippen LogP contribution in [0.15, 0.2) is 39.2 Å². The van der Waals surface area contributed by atoms with Crippen molar-refractivity contribution in [3.05, 3.63) is 39.7 Å². The van der Waals surface area contributed by atoms with Crippen LogP contribution in [0.5, 0.6) is 5.75 Å². The summed E-state index contributed by atoms with van der Waals surface area (Å²) in [7, 11) is 0. The van der Waals surface area contributed by atoms with Crippen LogP contribution < -0.4 is 5.43 Å². The van der Waals surface area contributed by atoms with Crippen molar-refractivity contribution in [2.24, 2.45) is 5.10 Å². The van der Waals surface area contributed by atoms with Gasteiger partial charge < -0.3 is 15.1 Å². The Morgan fingerprint density at radius 3 is 2.57 bits per heavy atom. The molecule has 2 heterocycles. The van der Waals surface area contributed by atoms with Gasteiger partial charge in [0.2, 0.25) is 0 Å². The van der Waals surface area contributed by atoms with E-state index in [1.54, 1.807) is 0 Å². The maximum absolute atomic E-state index is 10.7. The maximum atomic E-state index is 10.7. The third-order valence-electron chi connectivity index (χ3n) is 4.88. The number of aliphatic carboxylic acids is 1. The van der Waals surface area contributed by atoms with E-state index in [2.05, 4.69) is 31.4 Å². The number of rotatable bonds is 6. The van der Waals surface area contributed by atoms with Crippen molar-refractivity contribution in [3.8, 4) is 16.2 Å². The van der Waals surface area contributed by atoms with Gasteiger partial charge in [0.05, 0.1) is 22.6 Å². The van der Waals surface area contributed by atoms with Gasteiger partial charge in [0.15, 0.2) is 5.11 Å². The van der Waals surface area contributed by atoms with Crippen molar-refractivity contribution >= 4 is 56.3 Å². The monoisotopic (exact) mass is 510 g/mol. The minimum absolute atomic E-state index is 0.151. The van der Waals surface area contributed by atoms with Gasteiger partial charge >= 0.3 is 5.97 Å². The number of halogens is 1. The molecule has 10 heteroatoms. The predicted octanol–water partition coefficient (Wildman–Crippen LogP) is 3.57. The zero-order chi connectivity index (χ0) is 21.7. The number of carboxylic acids is 1. The molecule has 3 N–H and O–H groups in total. The highest BCUT2D eigenvalue weighted by atomic mass is 79.9. The smallest absolute Gasteiger partial charge is 0.304 e. The number of nitrogens with zero attached hydrogens (tertiary/aromatic N) is 3. The van der Waals surface area contributed by atoms with Gasteiger partial charge in [-0.1, -0.05) is 28.1 Å². The second-order valence-corrected chi connectivity index (χ2v) is 9.10. The molecule has 0 amide bonds. The van der Waals surface area contributed by atoms with Crippen molar-refractivity contribution < 1.29 is 15.0 Å². The molecule has 1 aromatic heterocycles. The summed E-state index contributed by atoms with van der Waals surface area (Å²) in [5.41, 5.74) is 5.19. The van der Waals surface area contributed by atoms with Gasteiger partial charge in [0.1, 0.15) is 5.75 Å². The number of thiophene rings is 1. The number of hydrogen-bond acceptors (Lipinski definition) is 6. The molecular weight excluding hydrogens is 488 g/mol. The zero-order valence-corrected chi connectivity index (χ0v) is 19.7. The second kappa shape index (κ2) is 10.3. The van der Waals surface area contributed by atoms with Gasteiger partial charge in [-0.25, -0.2) is 0 Å². The molecule has 3 rings (SSSR count). The molecular formula is C20H23BrN4O3S2. The van der Waals surface area contributed by atoms with E-state index in [0.717, 1.165) is 41.1 Å². The van der Waals surface area contributed by atoms with Crippen molar-refractivity contribution in [3.63, 3.8) is 0 Å². The number of hydrogen-bond donors (Lipinski definition) is 3. The van der Waals surface area contributed by atoms with E-state index in [-0.39, 0.29) is 12.2 Å². The van der Waals surface area contributed by atoms with E-state index >= 15 is 0 Å². The number of nitrogens with one attached hydrogen (secondary N) is 1. The van der Waals surface area contributed by atoms with Crippen molar-refractivity contribution in [1.82, 2.24) is 15.2 Å². The summed E-state index contributed by atoms with van der Waals surface area (Å²) in [6, 6.07) is 7.79. The Balaban J connectivity index is 1.57. The predicted molar refractivity (Wildman–Crippen MR) is 127 cm³/mol. The van der Waals surface area contributed by atoms with Crippen LogP contribution in [0.1, 0.15) is 18.9 Å². The van der Waals surface area contributed by atoms with Crippen LogP contribution in [0.2, 0.25) is 0 Å². The van der Waals surface area contributed by atoms with E-state index in [4.69, 9.17) is 17.3 Å². The zero-order valence-electron chi connectivity index (χ0n) is 16.5. The summed E-state index contributed by atoms with van der Waals surface area (Å²) in [4.78, 5) is 15.6. The summed E-state index contributed by atoms with van der Waals surface area (Å²) in [5.74, 6) is -0.567. The third-order valence-corrected chi connectivity index (χ3v) is 6.78. The lowest BCUT2D eigenvalue weighted by atomic mass is 10.1. The summed E-state index contributed by atoms with van der Waals surface area (Å²) >= 11 is 10.3. The SMILES string of the molecule is CC(=NNC(=S)N1CCN(CCC(=O)O)CC1)c1csc(-c2ccc(Br)cc2)c1O. The molecule has 7 nitrogen and oxygen atoms in total. The van der Waals surface area contributed by atoms with Crippen LogP contribution in [0.25, 0.3) is 10.4 Å². The number of aromatic hydroxyl groups is 1. The molecule has 0 saturated carbocycles. The average molecular weight is 511 g/mol. The van der Waals surface area contributed by atoms with Crippen LogP contribution in [0, 0.1) is 0 Å². The summed E-state index contributed by atoms with van der Waals surface area (Å²) in [5, 5.41) is 26.2. The molecule has 0 radical (unpaired) electrons. The van der Waals surface area contributed by atoms with Crippen molar-refractivity contribution in [2.75, 3.05) is 32.7 Å². The minimum atomic E-state index is -0.778.